The molecule has 1 aliphatic heterocycles. The molecular weight excluding hydrogens is 231 g/mol. The Hall–Kier alpha value is -1.60. The quantitative estimate of drug-likeness (QED) is 0.893. The van der Waals surface area contributed by atoms with E-state index in [0.717, 1.165) is 25.9 Å². The molecule has 1 aliphatic rings. The summed E-state index contributed by atoms with van der Waals surface area (Å²) in [5, 5.41) is 12.2. The van der Waals surface area contributed by atoms with E-state index in [2.05, 4.69) is 5.32 Å². The molecule has 0 radical (unpaired) electrons. The standard InChI is InChI=1S/C14H17FN2O/c1-10(11-5-7-17-8-6-11)18-14-4-2-3-13(15)12(14)9-16/h2-4,10-11,17H,5-8H2,1H3. The van der Waals surface area contributed by atoms with Crippen LogP contribution in [-0.4, -0.2) is 19.2 Å². The third-order valence-corrected chi connectivity index (χ3v) is 3.45. The van der Waals surface area contributed by atoms with Crippen LogP contribution < -0.4 is 10.1 Å². The molecule has 1 unspecified atom stereocenters. The number of nitrogens with zero attached hydrogens (tertiary/aromatic N) is 1. The third-order valence-electron chi connectivity index (χ3n) is 3.45. The van der Waals surface area contributed by atoms with Crippen LogP contribution in [0, 0.1) is 23.1 Å². The van der Waals surface area contributed by atoms with E-state index in [9.17, 15) is 4.39 Å². The summed E-state index contributed by atoms with van der Waals surface area (Å²) in [7, 11) is 0. The molecule has 0 aliphatic carbocycles. The highest BCUT2D eigenvalue weighted by molar-refractivity contribution is 5.43. The van der Waals surface area contributed by atoms with E-state index < -0.39 is 5.82 Å². The first-order valence-corrected chi connectivity index (χ1v) is 6.28. The minimum atomic E-state index is -0.521. The zero-order valence-corrected chi connectivity index (χ0v) is 10.4. The topological polar surface area (TPSA) is 45.0 Å². The van der Waals surface area contributed by atoms with Gasteiger partial charge in [-0.25, -0.2) is 4.39 Å². The zero-order chi connectivity index (χ0) is 13.0. The van der Waals surface area contributed by atoms with E-state index in [4.69, 9.17) is 10.00 Å². The summed E-state index contributed by atoms with van der Waals surface area (Å²) in [5.74, 6) is 0.289. The molecule has 1 aromatic rings. The predicted octanol–water partition coefficient (Wildman–Crippen LogP) is 2.46. The van der Waals surface area contributed by atoms with Crippen molar-refractivity contribution in [3.63, 3.8) is 0 Å². The number of halogens is 1. The molecule has 0 saturated carbocycles. The highest BCUT2D eigenvalue weighted by Gasteiger charge is 2.22. The summed E-state index contributed by atoms with van der Waals surface area (Å²) in [6.45, 7) is 3.97. The molecule has 1 fully saturated rings. The molecule has 4 heteroatoms. The van der Waals surface area contributed by atoms with Gasteiger partial charge in [0.2, 0.25) is 0 Å². The Bertz CT molecular complexity index is 450. The third kappa shape index (κ3) is 2.80. The lowest BCUT2D eigenvalue weighted by atomic mass is 9.93. The molecule has 0 amide bonds. The van der Waals surface area contributed by atoms with Crippen molar-refractivity contribution in [2.75, 3.05) is 13.1 Å². The van der Waals surface area contributed by atoms with E-state index in [1.165, 1.54) is 6.07 Å². The van der Waals surface area contributed by atoms with Crippen LogP contribution in [0.15, 0.2) is 18.2 Å². The van der Waals surface area contributed by atoms with E-state index in [-0.39, 0.29) is 11.7 Å². The van der Waals surface area contributed by atoms with Gasteiger partial charge >= 0.3 is 0 Å². The molecule has 0 spiro atoms. The number of nitrogens with one attached hydrogen (secondary N) is 1. The number of rotatable bonds is 3. The fraction of sp³-hybridized carbons (Fsp3) is 0.500. The van der Waals surface area contributed by atoms with Gasteiger partial charge in [0, 0.05) is 0 Å². The van der Waals surface area contributed by atoms with Gasteiger partial charge in [-0.05, 0) is 50.9 Å². The maximum Gasteiger partial charge on any atom is 0.144 e. The van der Waals surface area contributed by atoms with Crippen LogP contribution in [-0.2, 0) is 0 Å². The van der Waals surface area contributed by atoms with Crippen molar-refractivity contribution in [1.82, 2.24) is 5.32 Å². The van der Waals surface area contributed by atoms with Crippen molar-refractivity contribution in [2.24, 2.45) is 5.92 Å². The van der Waals surface area contributed by atoms with Gasteiger partial charge in [0.15, 0.2) is 0 Å². The lowest BCUT2D eigenvalue weighted by Crippen LogP contribution is -2.35. The van der Waals surface area contributed by atoms with Gasteiger partial charge in [-0.1, -0.05) is 6.07 Å². The molecule has 1 atom stereocenters. The molecule has 1 N–H and O–H groups in total. The summed E-state index contributed by atoms with van der Waals surface area (Å²) < 4.78 is 19.2. The highest BCUT2D eigenvalue weighted by Crippen LogP contribution is 2.25. The number of piperidine rings is 1. The summed E-state index contributed by atoms with van der Waals surface area (Å²) in [6.07, 6.45) is 2.11. The van der Waals surface area contributed by atoms with Crippen LogP contribution in [0.5, 0.6) is 5.75 Å². The Labute approximate surface area is 107 Å². The molecule has 3 nitrogen and oxygen atoms in total. The molecule has 96 valence electrons. The molecular formula is C14H17FN2O. The molecule has 0 bridgehead atoms. The van der Waals surface area contributed by atoms with Gasteiger partial charge in [0.05, 0.1) is 6.10 Å². The Morgan fingerprint density at radius 1 is 1.44 bits per heavy atom. The molecule has 1 aromatic carbocycles. The van der Waals surface area contributed by atoms with E-state index in [0.29, 0.717) is 11.7 Å². The van der Waals surface area contributed by atoms with Crippen molar-refractivity contribution >= 4 is 0 Å². The second kappa shape index (κ2) is 5.83. The normalized spacial score (nSPS) is 18.1. The molecule has 0 aromatic heterocycles. The van der Waals surface area contributed by atoms with E-state index >= 15 is 0 Å². The first kappa shape index (κ1) is 12.8. The molecule has 18 heavy (non-hydrogen) atoms. The summed E-state index contributed by atoms with van der Waals surface area (Å²) in [5.41, 5.74) is -0.00159. The maximum absolute atomic E-state index is 13.4. The summed E-state index contributed by atoms with van der Waals surface area (Å²) >= 11 is 0. The van der Waals surface area contributed by atoms with Crippen LogP contribution in [0.1, 0.15) is 25.3 Å². The van der Waals surface area contributed by atoms with Crippen LogP contribution in [0.3, 0.4) is 0 Å². The van der Waals surface area contributed by atoms with Gasteiger partial charge in [0.1, 0.15) is 23.2 Å². The number of ether oxygens (including phenoxy) is 1. The Balaban J connectivity index is 2.09. The van der Waals surface area contributed by atoms with Gasteiger partial charge in [0.25, 0.3) is 0 Å². The fourth-order valence-corrected chi connectivity index (χ4v) is 2.32. The van der Waals surface area contributed by atoms with E-state index in [1.54, 1.807) is 12.1 Å². The van der Waals surface area contributed by atoms with Crippen molar-refractivity contribution in [2.45, 2.75) is 25.9 Å². The van der Waals surface area contributed by atoms with Gasteiger partial charge in [-0.3, -0.25) is 0 Å². The number of hydrogen-bond acceptors (Lipinski definition) is 3. The lowest BCUT2D eigenvalue weighted by Gasteiger charge is -2.28. The lowest BCUT2D eigenvalue weighted by molar-refractivity contribution is 0.127. The van der Waals surface area contributed by atoms with Gasteiger partial charge in [-0.2, -0.15) is 5.26 Å². The van der Waals surface area contributed by atoms with Crippen LogP contribution in [0.25, 0.3) is 0 Å². The highest BCUT2D eigenvalue weighted by atomic mass is 19.1. The minimum Gasteiger partial charge on any atom is -0.489 e. The van der Waals surface area contributed by atoms with Crippen molar-refractivity contribution in [3.05, 3.63) is 29.6 Å². The Morgan fingerprint density at radius 3 is 2.83 bits per heavy atom. The average molecular weight is 248 g/mol. The Morgan fingerprint density at radius 2 is 2.17 bits per heavy atom. The van der Waals surface area contributed by atoms with Crippen LogP contribution in [0.4, 0.5) is 4.39 Å². The number of hydrogen-bond donors (Lipinski definition) is 1. The molecule has 1 heterocycles. The second-order valence-corrected chi connectivity index (χ2v) is 4.64. The Kier molecular flexibility index (Phi) is 4.16. The largest absolute Gasteiger partial charge is 0.489 e. The summed E-state index contributed by atoms with van der Waals surface area (Å²) in [6, 6.07) is 6.36. The van der Waals surface area contributed by atoms with Gasteiger partial charge < -0.3 is 10.1 Å². The molecule has 1 saturated heterocycles. The van der Waals surface area contributed by atoms with Crippen LogP contribution in [0.2, 0.25) is 0 Å². The maximum atomic E-state index is 13.4. The van der Waals surface area contributed by atoms with Crippen LogP contribution >= 0.6 is 0 Å². The number of benzene rings is 1. The number of nitriles is 1. The van der Waals surface area contributed by atoms with Gasteiger partial charge in [-0.15, -0.1) is 0 Å². The van der Waals surface area contributed by atoms with Crippen molar-refractivity contribution in [1.29, 1.82) is 5.26 Å². The summed E-state index contributed by atoms with van der Waals surface area (Å²) in [4.78, 5) is 0. The predicted molar refractivity (Wildman–Crippen MR) is 66.8 cm³/mol. The SMILES string of the molecule is CC(Oc1cccc(F)c1C#N)C1CCNCC1. The first-order chi connectivity index (χ1) is 8.72. The second-order valence-electron chi connectivity index (χ2n) is 4.64. The van der Waals surface area contributed by atoms with E-state index in [1.807, 2.05) is 13.0 Å². The monoisotopic (exact) mass is 248 g/mol. The first-order valence-electron chi connectivity index (χ1n) is 6.28. The van der Waals surface area contributed by atoms with Crippen molar-refractivity contribution in [3.8, 4) is 11.8 Å². The van der Waals surface area contributed by atoms with Crippen molar-refractivity contribution < 1.29 is 9.13 Å². The molecule has 2 rings (SSSR count). The zero-order valence-electron chi connectivity index (χ0n) is 10.4. The smallest absolute Gasteiger partial charge is 0.144 e. The minimum absolute atomic E-state index is 0.000926. The fourth-order valence-electron chi connectivity index (χ4n) is 2.32. The average Bonchev–Trinajstić information content (AvgIpc) is 2.40.